The number of nitrogens with zero attached hydrogens (tertiary/aromatic N) is 1. The lowest BCUT2D eigenvalue weighted by molar-refractivity contribution is 0.0691. The molecule has 1 fully saturated rings. The zero-order chi connectivity index (χ0) is 13.8. The molecule has 5 nitrogen and oxygen atoms in total. The molecule has 0 saturated heterocycles. The highest BCUT2D eigenvalue weighted by molar-refractivity contribution is 6.33. The number of anilines is 1. The van der Waals surface area contributed by atoms with Gasteiger partial charge in [0.1, 0.15) is 5.82 Å². The standard InChI is InChI=1S/C13H17ClN2O3/c14-8-6-7-11(16-12(8)13(18)19)15-9-4-2-1-3-5-10(9)17/h6-7,9-10,17H,1-5H2,(H,15,16)(H,18,19). The number of pyridine rings is 1. The van der Waals surface area contributed by atoms with Crippen LogP contribution in [0.4, 0.5) is 5.82 Å². The number of halogens is 1. The van der Waals surface area contributed by atoms with Gasteiger partial charge in [0.2, 0.25) is 0 Å². The van der Waals surface area contributed by atoms with Crippen LogP contribution in [0.2, 0.25) is 5.02 Å². The van der Waals surface area contributed by atoms with Crippen LogP contribution in [0.5, 0.6) is 0 Å². The highest BCUT2D eigenvalue weighted by atomic mass is 35.5. The lowest BCUT2D eigenvalue weighted by Gasteiger charge is -2.22. The molecule has 0 bridgehead atoms. The lowest BCUT2D eigenvalue weighted by atomic mass is 10.1. The number of aliphatic hydroxyl groups is 1. The van der Waals surface area contributed by atoms with Crippen molar-refractivity contribution in [3.05, 3.63) is 22.8 Å². The molecule has 1 saturated carbocycles. The molecule has 0 aliphatic heterocycles. The van der Waals surface area contributed by atoms with E-state index in [0.717, 1.165) is 32.1 Å². The minimum Gasteiger partial charge on any atom is -0.476 e. The van der Waals surface area contributed by atoms with Crippen LogP contribution >= 0.6 is 11.6 Å². The number of aromatic nitrogens is 1. The second kappa shape index (κ2) is 6.21. The molecule has 0 spiro atoms. The van der Waals surface area contributed by atoms with Crippen molar-refractivity contribution in [3.8, 4) is 0 Å². The van der Waals surface area contributed by atoms with Crippen molar-refractivity contribution < 1.29 is 15.0 Å². The van der Waals surface area contributed by atoms with Crippen molar-refractivity contribution in [1.29, 1.82) is 0 Å². The number of carboxylic acids is 1. The van der Waals surface area contributed by atoms with Crippen molar-refractivity contribution >= 4 is 23.4 Å². The maximum atomic E-state index is 11.0. The van der Waals surface area contributed by atoms with E-state index in [2.05, 4.69) is 10.3 Å². The molecule has 3 N–H and O–H groups in total. The second-order valence-corrected chi connectivity index (χ2v) is 5.20. The number of hydrogen-bond acceptors (Lipinski definition) is 4. The Kier molecular flexibility index (Phi) is 4.61. The predicted octanol–water partition coefficient (Wildman–Crippen LogP) is 2.54. The number of carboxylic acid groups (broad SMARTS) is 1. The Morgan fingerprint density at radius 3 is 2.79 bits per heavy atom. The van der Waals surface area contributed by atoms with Crippen molar-refractivity contribution in [2.24, 2.45) is 0 Å². The molecule has 2 atom stereocenters. The van der Waals surface area contributed by atoms with Crippen LogP contribution in [0, 0.1) is 0 Å². The van der Waals surface area contributed by atoms with Gasteiger partial charge in [0.15, 0.2) is 5.69 Å². The quantitative estimate of drug-likeness (QED) is 0.743. The maximum Gasteiger partial charge on any atom is 0.356 e. The molecule has 6 heteroatoms. The van der Waals surface area contributed by atoms with Crippen LogP contribution in [0.1, 0.15) is 42.6 Å². The Morgan fingerprint density at radius 2 is 2.05 bits per heavy atom. The first-order valence-corrected chi connectivity index (χ1v) is 6.80. The average Bonchev–Trinajstić information content (AvgIpc) is 2.57. The van der Waals surface area contributed by atoms with E-state index in [1.54, 1.807) is 6.07 Å². The summed E-state index contributed by atoms with van der Waals surface area (Å²) in [6, 6.07) is 3.05. The third kappa shape index (κ3) is 3.58. The smallest absolute Gasteiger partial charge is 0.356 e. The molecule has 0 aromatic carbocycles. The maximum absolute atomic E-state index is 11.0. The largest absolute Gasteiger partial charge is 0.476 e. The summed E-state index contributed by atoms with van der Waals surface area (Å²) >= 11 is 5.77. The summed E-state index contributed by atoms with van der Waals surface area (Å²) in [5.41, 5.74) is -0.172. The van der Waals surface area contributed by atoms with Gasteiger partial charge in [-0.3, -0.25) is 0 Å². The van der Waals surface area contributed by atoms with E-state index in [1.165, 1.54) is 6.07 Å². The predicted molar refractivity (Wildman–Crippen MR) is 72.7 cm³/mol. The van der Waals surface area contributed by atoms with Gasteiger partial charge < -0.3 is 15.5 Å². The van der Waals surface area contributed by atoms with Gasteiger partial charge in [0.25, 0.3) is 0 Å². The van der Waals surface area contributed by atoms with Crippen LogP contribution in [0.3, 0.4) is 0 Å². The van der Waals surface area contributed by atoms with Gasteiger partial charge in [0.05, 0.1) is 17.2 Å². The molecule has 1 aliphatic carbocycles. The molecule has 19 heavy (non-hydrogen) atoms. The van der Waals surface area contributed by atoms with E-state index >= 15 is 0 Å². The van der Waals surface area contributed by atoms with E-state index in [1.807, 2.05) is 0 Å². The Labute approximate surface area is 116 Å². The Morgan fingerprint density at radius 1 is 1.32 bits per heavy atom. The Hall–Kier alpha value is -1.33. The SMILES string of the molecule is O=C(O)c1nc(NC2CCCCCC2O)ccc1Cl. The van der Waals surface area contributed by atoms with E-state index < -0.39 is 12.1 Å². The second-order valence-electron chi connectivity index (χ2n) is 4.79. The van der Waals surface area contributed by atoms with Crippen molar-refractivity contribution in [2.75, 3.05) is 5.32 Å². The zero-order valence-corrected chi connectivity index (χ0v) is 11.2. The van der Waals surface area contributed by atoms with Crippen molar-refractivity contribution in [2.45, 2.75) is 44.2 Å². The fourth-order valence-corrected chi connectivity index (χ4v) is 2.50. The number of rotatable bonds is 3. The summed E-state index contributed by atoms with van der Waals surface area (Å²) in [6.07, 6.45) is 4.38. The first-order chi connectivity index (χ1) is 9.08. The first-order valence-electron chi connectivity index (χ1n) is 6.42. The molecule has 1 aromatic rings. The zero-order valence-electron chi connectivity index (χ0n) is 10.5. The molecule has 0 radical (unpaired) electrons. The van der Waals surface area contributed by atoms with Gasteiger partial charge in [-0.25, -0.2) is 9.78 Å². The molecule has 2 rings (SSSR count). The summed E-state index contributed by atoms with van der Waals surface area (Å²) in [5.74, 6) is -0.720. The van der Waals surface area contributed by atoms with E-state index in [4.69, 9.17) is 16.7 Å². The summed E-state index contributed by atoms with van der Waals surface area (Å²) in [7, 11) is 0. The van der Waals surface area contributed by atoms with Gasteiger partial charge >= 0.3 is 5.97 Å². The molecular weight excluding hydrogens is 268 g/mol. The number of aliphatic hydroxyl groups excluding tert-OH is 1. The molecule has 0 amide bonds. The van der Waals surface area contributed by atoms with Gasteiger partial charge in [-0.2, -0.15) is 0 Å². The van der Waals surface area contributed by atoms with Crippen LogP contribution in [0.15, 0.2) is 12.1 Å². The average molecular weight is 285 g/mol. The normalized spacial score (nSPS) is 23.7. The molecule has 104 valence electrons. The van der Waals surface area contributed by atoms with E-state index in [-0.39, 0.29) is 16.8 Å². The fourth-order valence-electron chi connectivity index (χ4n) is 2.32. The number of carbonyl (C=O) groups is 1. The number of nitrogens with one attached hydrogen (secondary N) is 1. The highest BCUT2D eigenvalue weighted by Crippen LogP contribution is 2.22. The summed E-state index contributed by atoms with van der Waals surface area (Å²) in [4.78, 5) is 14.9. The minimum atomic E-state index is -1.16. The third-order valence-electron chi connectivity index (χ3n) is 3.36. The molecule has 1 aliphatic rings. The minimum absolute atomic E-state index is 0.0854. The lowest BCUT2D eigenvalue weighted by Crippen LogP contribution is -2.32. The van der Waals surface area contributed by atoms with Crippen LogP contribution < -0.4 is 5.32 Å². The fraction of sp³-hybridized carbons (Fsp3) is 0.538. The van der Waals surface area contributed by atoms with Gasteiger partial charge in [-0.15, -0.1) is 0 Å². The van der Waals surface area contributed by atoms with Crippen LogP contribution in [-0.4, -0.2) is 33.3 Å². The monoisotopic (exact) mass is 284 g/mol. The third-order valence-corrected chi connectivity index (χ3v) is 3.67. The molecule has 1 heterocycles. The van der Waals surface area contributed by atoms with Gasteiger partial charge in [-0.05, 0) is 25.0 Å². The first kappa shape index (κ1) is 14.1. The van der Waals surface area contributed by atoms with Crippen molar-refractivity contribution in [3.63, 3.8) is 0 Å². The van der Waals surface area contributed by atoms with Crippen LogP contribution in [-0.2, 0) is 0 Å². The van der Waals surface area contributed by atoms with Crippen LogP contribution in [0.25, 0.3) is 0 Å². The number of aromatic carboxylic acids is 1. The van der Waals surface area contributed by atoms with E-state index in [0.29, 0.717) is 5.82 Å². The van der Waals surface area contributed by atoms with Crippen molar-refractivity contribution in [1.82, 2.24) is 4.98 Å². The highest BCUT2D eigenvalue weighted by Gasteiger charge is 2.22. The summed E-state index contributed by atoms with van der Waals surface area (Å²) in [6.45, 7) is 0. The number of hydrogen-bond donors (Lipinski definition) is 3. The molecular formula is C13H17ClN2O3. The Bertz CT molecular complexity index is 467. The topological polar surface area (TPSA) is 82.5 Å². The van der Waals surface area contributed by atoms with Gasteiger partial charge in [-0.1, -0.05) is 30.9 Å². The summed E-state index contributed by atoms with van der Waals surface area (Å²) in [5, 5.41) is 22.2. The molecule has 1 aromatic heterocycles. The molecule has 2 unspecified atom stereocenters. The Balaban J connectivity index is 2.13. The summed E-state index contributed by atoms with van der Waals surface area (Å²) < 4.78 is 0. The van der Waals surface area contributed by atoms with E-state index in [9.17, 15) is 9.90 Å². The van der Waals surface area contributed by atoms with Gasteiger partial charge in [0, 0.05) is 0 Å².